The van der Waals surface area contributed by atoms with Crippen LogP contribution < -0.4 is 10.1 Å². The SMILES string of the molecule is COc1ccc2c(c1)Cc1cc(CNC(=O)C(F)(F)F)ccc1C(OC(C)=O)=C2. The molecule has 0 heterocycles. The quantitative estimate of drug-likeness (QED) is 0.785. The lowest BCUT2D eigenvalue weighted by molar-refractivity contribution is -0.173. The zero-order valence-electron chi connectivity index (χ0n) is 15.7. The molecule has 1 aliphatic rings. The van der Waals surface area contributed by atoms with Crippen molar-refractivity contribution < 1.29 is 32.2 Å². The number of nitrogens with one attached hydrogen (secondary N) is 1. The number of hydrogen-bond donors (Lipinski definition) is 1. The van der Waals surface area contributed by atoms with E-state index in [0.29, 0.717) is 29.1 Å². The predicted octanol–water partition coefficient (Wildman–Crippen LogP) is 3.84. The molecule has 0 radical (unpaired) electrons. The van der Waals surface area contributed by atoms with Crippen LogP contribution in [0.2, 0.25) is 0 Å². The Morgan fingerprint density at radius 2 is 1.86 bits per heavy atom. The maximum atomic E-state index is 12.4. The van der Waals surface area contributed by atoms with Gasteiger partial charge in [0.25, 0.3) is 0 Å². The van der Waals surface area contributed by atoms with E-state index in [2.05, 4.69) is 0 Å². The summed E-state index contributed by atoms with van der Waals surface area (Å²) in [5.74, 6) is -1.48. The molecule has 0 saturated heterocycles. The maximum Gasteiger partial charge on any atom is 0.471 e. The molecule has 0 aromatic heterocycles. The monoisotopic (exact) mass is 405 g/mol. The molecule has 1 aliphatic carbocycles. The number of fused-ring (bicyclic) bond motifs is 2. The third kappa shape index (κ3) is 4.77. The first-order chi connectivity index (χ1) is 13.7. The van der Waals surface area contributed by atoms with Crippen LogP contribution in [0.1, 0.15) is 34.7 Å². The summed E-state index contributed by atoms with van der Waals surface area (Å²) in [5.41, 5.74) is 3.65. The van der Waals surface area contributed by atoms with Gasteiger partial charge in [-0.2, -0.15) is 13.2 Å². The molecule has 0 bridgehead atoms. The molecule has 0 unspecified atom stereocenters. The summed E-state index contributed by atoms with van der Waals surface area (Å²) in [6.45, 7) is 1.02. The highest BCUT2D eigenvalue weighted by Gasteiger charge is 2.38. The van der Waals surface area contributed by atoms with Crippen LogP contribution in [0.15, 0.2) is 36.4 Å². The first-order valence-electron chi connectivity index (χ1n) is 8.71. The number of carbonyl (C=O) groups is 2. The van der Waals surface area contributed by atoms with E-state index < -0.39 is 18.1 Å². The molecule has 5 nitrogen and oxygen atoms in total. The van der Waals surface area contributed by atoms with Crippen LogP contribution in [0.25, 0.3) is 11.8 Å². The van der Waals surface area contributed by atoms with Crippen LogP contribution >= 0.6 is 0 Å². The number of halogens is 3. The van der Waals surface area contributed by atoms with Gasteiger partial charge in [-0.1, -0.05) is 24.3 Å². The molecule has 2 aromatic rings. The van der Waals surface area contributed by atoms with Gasteiger partial charge in [-0.05, 0) is 46.9 Å². The fourth-order valence-electron chi connectivity index (χ4n) is 3.09. The molecule has 0 spiro atoms. The lowest BCUT2D eigenvalue weighted by Gasteiger charge is -2.13. The van der Waals surface area contributed by atoms with Crippen LogP contribution in [-0.2, 0) is 27.3 Å². The molecule has 152 valence electrons. The Labute approximate surface area is 165 Å². The van der Waals surface area contributed by atoms with Crippen molar-refractivity contribution in [2.45, 2.75) is 26.1 Å². The second kappa shape index (κ2) is 7.98. The van der Waals surface area contributed by atoms with Gasteiger partial charge in [-0.15, -0.1) is 0 Å². The lowest BCUT2D eigenvalue weighted by atomic mass is 9.97. The summed E-state index contributed by atoms with van der Waals surface area (Å²) < 4.78 is 47.9. The number of rotatable bonds is 4. The normalized spacial score (nSPS) is 12.8. The number of alkyl halides is 3. The van der Waals surface area contributed by atoms with Crippen molar-refractivity contribution in [1.29, 1.82) is 0 Å². The van der Waals surface area contributed by atoms with Crippen molar-refractivity contribution >= 4 is 23.7 Å². The van der Waals surface area contributed by atoms with Crippen LogP contribution in [0.3, 0.4) is 0 Å². The summed E-state index contributed by atoms with van der Waals surface area (Å²) in [7, 11) is 1.55. The second-order valence-corrected chi connectivity index (χ2v) is 6.52. The van der Waals surface area contributed by atoms with Crippen molar-refractivity contribution in [2.75, 3.05) is 7.11 Å². The van der Waals surface area contributed by atoms with E-state index in [1.165, 1.54) is 6.92 Å². The van der Waals surface area contributed by atoms with Gasteiger partial charge in [-0.3, -0.25) is 9.59 Å². The number of hydrogen-bond acceptors (Lipinski definition) is 4. The highest BCUT2D eigenvalue weighted by molar-refractivity contribution is 5.87. The van der Waals surface area contributed by atoms with Gasteiger partial charge in [0.1, 0.15) is 11.5 Å². The number of esters is 1. The number of carbonyl (C=O) groups excluding carboxylic acids is 2. The van der Waals surface area contributed by atoms with E-state index >= 15 is 0 Å². The summed E-state index contributed by atoms with van der Waals surface area (Å²) in [5, 5.41) is 1.86. The van der Waals surface area contributed by atoms with Gasteiger partial charge < -0.3 is 14.8 Å². The van der Waals surface area contributed by atoms with Gasteiger partial charge in [0.05, 0.1) is 7.11 Å². The summed E-state index contributed by atoms with van der Waals surface area (Å²) >= 11 is 0. The van der Waals surface area contributed by atoms with Crippen molar-refractivity contribution in [3.8, 4) is 5.75 Å². The van der Waals surface area contributed by atoms with Crippen LogP contribution in [-0.4, -0.2) is 25.2 Å². The van der Waals surface area contributed by atoms with Crippen LogP contribution in [0.5, 0.6) is 5.75 Å². The van der Waals surface area contributed by atoms with Gasteiger partial charge in [0.15, 0.2) is 0 Å². The lowest BCUT2D eigenvalue weighted by Crippen LogP contribution is -2.36. The smallest absolute Gasteiger partial charge is 0.471 e. The Balaban J connectivity index is 1.97. The van der Waals surface area contributed by atoms with Crippen molar-refractivity contribution in [3.63, 3.8) is 0 Å². The minimum absolute atomic E-state index is 0.275. The first-order valence-corrected chi connectivity index (χ1v) is 8.71. The molecular formula is C21H18F3NO4. The fraction of sp³-hybridized carbons (Fsp3) is 0.238. The Morgan fingerprint density at radius 1 is 1.10 bits per heavy atom. The fourth-order valence-corrected chi connectivity index (χ4v) is 3.09. The van der Waals surface area contributed by atoms with E-state index in [9.17, 15) is 22.8 Å². The van der Waals surface area contributed by atoms with E-state index in [-0.39, 0.29) is 6.54 Å². The molecule has 0 atom stereocenters. The Morgan fingerprint density at radius 3 is 2.52 bits per heavy atom. The summed E-state index contributed by atoms with van der Waals surface area (Å²) in [6.07, 6.45) is -2.75. The number of ether oxygens (including phenoxy) is 2. The van der Waals surface area contributed by atoms with E-state index in [1.807, 2.05) is 17.4 Å². The average molecular weight is 405 g/mol. The second-order valence-electron chi connectivity index (χ2n) is 6.52. The molecular weight excluding hydrogens is 387 g/mol. The van der Waals surface area contributed by atoms with Crippen LogP contribution in [0.4, 0.5) is 13.2 Å². The summed E-state index contributed by atoms with van der Waals surface area (Å²) in [4.78, 5) is 22.6. The first kappa shape index (κ1) is 20.4. The highest BCUT2D eigenvalue weighted by Crippen LogP contribution is 2.33. The molecule has 2 aromatic carbocycles. The van der Waals surface area contributed by atoms with Gasteiger partial charge in [-0.25, -0.2) is 0 Å². The zero-order chi connectivity index (χ0) is 21.2. The van der Waals surface area contributed by atoms with Crippen LogP contribution in [0, 0.1) is 0 Å². The van der Waals surface area contributed by atoms with Crippen molar-refractivity contribution in [2.24, 2.45) is 0 Å². The predicted molar refractivity (Wildman–Crippen MR) is 99.8 cm³/mol. The van der Waals surface area contributed by atoms with Gasteiger partial charge >= 0.3 is 18.1 Å². The number of methoxy groups -OCH3 is 1. The Bertz CT molecular complexity index is 996. The third-order valence-corrected chi connectivity index (χ3v) is 4.42. The minimum atomic E-state index is -4.94. The molecule has 1 N–H and O–H groups in total. The average Bonchev–Trinajstić information content (AvgIpc) is 2.80. The minimum Gasteiger partial charge on any atom is -0.497 e. The highest BCUT2D eigenvalue weighted by atomic mass is 19.4. The molecule has 0 saturated carbocycles. The molecule has 0 fully saturated rings. The van der Waals surface area contributed by atoms with E-state index in [0.717, 1.165) is 16.7 Å². The molecule has 0 aliphatic heterocycles. The maximum absolute atomic E-state index is 12.4. The molecule has 1 amide bonds. The summed E-state index contributed by atoms with van der Waals surface area (Å²) in [6, 6.07) is 10.4. The molecule has 29 heavy (non-hydrogen) atoms. The Hall–Kier alpha value is -3.29. The van der Waals surface area contributed by atoms with Gasteiger partial charge in [0, 0.05) is 19.0 Å². The van der Waals surface area contributed by atoms with E-state index in [4.69, 9.17) is 9.47 Å². The molecule has 3 rings (SSSR count). The Kier molecular flexibility index (Phi) is 5.63. The third-order valence-electron chi connectivity index (χ3n) is 4.42. The zero-order valence-corrected chi connectivity index (χ0v) is 15.7. The van der Waals surface area contributed by atoms with Crippen molar-refractivity contribution in [3.05, 3.63) is 64.2 Å². The van der Waals surface area contributed by atoms with Crippen molar-refractivity contribution in [1.82, 2.24) is 5.32 Å². The molecule has 8 heteroatoms. The number of benzene rings is 2. The number of amides is 1. The topological polar surface area (TPSA) is 64.6 Å². The largest absolute Gasteiger partial charge is 0.497 e. The van der Waals surface area contributed by atoms with E-state index in [1.54, 1.807) is 37.5 Å². The van der Waals surface area contributed by atoms with Gasteiger partial charge in [0.2, 0.25) is 0 Å². The standard InChI is InChI=1S/C21H18F3NO4/c1-12(26)29-19-10-14-4-5-17(28-2)9-15(14)8-16-7-13(3-6-18(16)19)11-25-20(27)21(22,23)24/h3-7,9-10H,8,11H2,1-2H3,(H,25,27).